The first-order chi connectivity index (χ1) is 18.7. The number of ether oxygens (including phenoxy) is 3. The van der Waals surface area contributed by atoms with Crippen molar-refractivity contribution < 1.29 is 18.6 Å². The number of nitrogens with zero attached hydrogens (tertiary/aromatic N) is 1. The molecule has 1 fully saturated rings. The number of hydrogen-bond acceptors (Lipinski definition) is 5. The van der Waals surface area contributed by atoms with Gasteiger partial charge >= 0.3 is 0 Å². The van der Waals surface area contributed by atoms with Gasteiger partial charge in [-0.05, 0) is 98.6 Å². The highest BCUT2D eigenvalue weighted by atomic mass is 16.5. The number of hydrogen-bond donors (Lipinski definition) is 0. The molecule has 1 aromatic heterocycles. The third-order valence-corrected chi connectivity index (χ3v) is 7.33. The molecule has 0 atom stereocenters. The lowest BCUT2D eigenvalue weighted by molar-refractivity contribution is 0.183. The van der Waals surface area contributed by atoms with Gasteiger partial charge in [0.15, 0.2) is 0 Å². The molecule has 0 amide bonds. The Bertz CT molecular complexity index is 1300. The highest BCUT2D eigenvalue weighted by Crippen LogP contribution is 2.44. The fourth-order valence-electron chi connectivity index (χ4n) is 5.22. The van der Waals surface area contributed by atoms with E-state index in [4.69, 9.17) is 18.6 Å². The van der Waals surface area contributed by atoms with Crippen LogP contribution in [0.5, 0.6) is 17.2 Å². The highest BCUT2D eigenvalue weighted by molar-refractivity contribution is 5.88. The molecule has 1 saturated heterocycles. The zero-order valence-electron chi connectivity index (χ0n) is 22.7. The first-order valence-electron chi connectivity index (χ1n) is 13.6. The fourth-order valence-corrected chi connectivity index (χ4v) is 5.22. The molecule has 0 spiro atoms. The van der Waals surface area contributed by atoms with Crippen molar-refractivity contribution >= 4 is 0 Å². The molecule has 0 bridgehead atoms. The number of rotatable bonds is 10. The first kappa shape index (κ1) is 25.9. The van der Waals surface area contributed by atoms with Crippen LogP contribution in [-0.4, -0.2) is 45.4 Å². The molecule has 0 saturated carbocycles. The smallest absolute Gasteiger partial charge is 0.142 e. The average Bonchev–Trinajstić information content (AvgIpc) is 3.38. The van der Waals surface area contributed by atoms with Gasteiger partial charge in [-0.3, -0.25) is 4.90 Å². The lowest BCUT2D eigenvalue weighted by atomic mass is 9.94. The van der Waals surface area contributed by atoms with Crippen LogP contribution >= 0.6 is 0 Å². The van der Waals surface area contributed by atoms with Crippen LogP contribution in [0.1, 0.15) is 31.7 Å². The average molecular weight is 512 g/mol. The van der Waals surface area contributed by atoms with E-state index in [2.05, 4.69) is 36.1 Å². The van der Waals surface area contributed by atoms with Crippen molar-refractivity contribution in [2.75, 3.05) is 40.5 Å². The van der Waals surface area contributed by atoms with E-state index in [1.807, 2.05) is 48.5 Å². The standard InChI is InChI=1S/C33H37NO4/c1-4-30-31(24-8-14-27(35-2)15-9-24)33(26-10-16-28(36-3)17-11-26)38-32(30)25-12-18-29(19-13-25)37-23-22-34-20-6-5-7-21-34/h8-19H,4-7,20-23H2,1-3H3. The fraction of sp³-hybridized carbons (Fsp3) is 0.333. The van der Waals surface area contributed by atoms with Gasteiger partial charge in [0.05, 0.1) is 14.2 Å². The van der Waals surface area contributed by atoms with E-state index in [0.717, 1.165) is 64.0 Å². The van der Waals surface area contributed by atoms with Gasteiger partial charge in [0.1, 0.15) is 35.4 Å². The van der Waals surface area contributed by atoms with Crippen LogP contribution in [0.4, 0.5) is 0 Å². The van der Waals surface area contributed by atoms with Gasteiger partial charge in [-0.25, -0.2) is 0 Å². The summed E-state index contributed by atoms with van der Waals surface area (Å²) in [5, 5.41) is 0. The highest BCUT2D eigenvalue weighted by Gasteiger charge is 2.23. The monoisotopic (exact) mass is 511 g/mol. The van der Waals surface area contributed by atoms with Crippen molar-refractivity contribution in [1.29, 1.82) is 0 Å². The molecule has 1 aliphatic heterocycles. The number of likely N-dealkylation sites (tertiary alicyclic amines) is 1. The third-order valence-electron chi connectivity index (χ3n) is 7.33. The maximum absolute atomic E-state index is 6.67. The predicted octanol–water partition coefficient (Wildman–Crippen LogP) is 7.72. The van der Waals surface area contributed by atoms with E-state index >= 15 is 0 Å². The largest absolute Gasteiger partial charge is 0.497 e. The van der Waals surface area contributed by atoms with Crippen LogP contribution in [0.15, 0.2) is 77.2 Å². The molecule has 0 unspecified atom stereocenters. The summed E-state index contributed by atoms with van der Waals surface area (Å²) in [4.78, 5) is 2.50. The van der Waals surface area contributed by atoms with Crippen molar-refractivity contribution in [3.63, 3.8) is 0 Å². The first-order valence-corrected chi connectivity index (χ1v) is 13.6. The van der Waals surface area contributed by atoms with Crippen LogP contribution < -0.4 is 14.2 Å². The number of benzene rings is 3. The van der Waals surface area contributed by atoms with E-state index in [1.54, 1.807) is 14.2 Å². The molecule has 5 nitrogen and oxygen atoms in total. The second kappa shape index (κ2) is 12.2. The van der Waals surface area contributed by atoms with E-state index in [0.29, 0.717) is 6.61 Å². The Kier molecular flexibility index (Phi) is 8.34. The second-order valence-corrected chi connectivity index (χ2v) is 9.70. The molecule has 2 heterocycles. The van der Waals surface area contributed by atoms with E-state index in [-0.39, 0.29) is 0 Å². The summed E-state index contributed by atoms with van der Waals surface area (Å²) in [6.45, 7) is 6.25. The quantitative estimate of drug-likeness (QED) is 0.218. The number of furan rings is 1. The van der Waals surface area contributed by atoms with Crippen LogP contribution in [-0.2, 0) is 6.42 Å². The Morgan fingerprint density at radius 3 is 1.74 bits per heavy atom. The number of piperidine rings is 1. The normalized spacial score (nSPS) is 13.9. The summed E-state index contributed by atoms with van der Waals surface area (Å²) < 4.78 is 23.5. The van der Waals surface area contributed by atoms with Crippen molar-refractivity contribution in [2.24, 2.45) is 0 Å². The second-order valence-electron chi connectivity index (χ2n) is 9.70. The van der Waals surface area contributed by atoms with E-state index in [1.165, 1.54) is 37.9 Å². The summed E-state index contributed by atoms with van der Waals surface area (Å²) >= 11 is 0. The molecule has 5 rings (SSSR count). The van der Waals surface area contributed by atoms with Crippen molar-refractivity contribution in [1.82, 2.24) is 4.90 Å². The molecule has 38 heavy (non-hydrogen) atoms. The van der Waals surface area contributed by atoms with Gasteiger partial charge in [-0.15, -0.1) is 0 Å². The summed E-state index contributed by atoms with van der Waals surface area (Å²) in [5.41, 5.74) is 5.44. The third kappa shape index (κ3) is 5.73. The molecule has 3 aromatic carbocycles. The number of methoxy groups -OCH3 is 2. The van der Waals surface area contributed by atoms with Crippen molar-refractivity contribution in [2.45, 2.75) is 32.6 Å². The summed E-state index contributed by atoms with van der Waals surface area (Å²) in [6.07, 6.45) is 4.79. The maximum atomic E-state index is 6.67. The Morgan fingerprint density at radius 1 is 0.658 bits per heavy atom. The Hall–Kier alpha value is -3.70. The Morgan fingerprint density at radius 2 is 1.18 bits per heavy atom. The molecular weight excluding hydrogens is 474 g/mol. The lowest BCUT2D eigenvalue weighted by Gasteiger charge is -2.26. The van der Waals surface area contributed by atoms with Crippen molar-refractivity contribution in [3.8, 4) is 51.0 Å². The van der Waals surface area contributed by atoms with Crippen LogP contribution in [0.25, 0.3) is 33.8 Å². The zero-order valence-corrected chi connectivity index (χ0v) is 22.7. The van der Waals surface area contributed by atoms with Gasteiger partial charge in [-0.2, -0.15) is 0 Å². The van der Waals surface area contributed by atoms with Gasteiger partial charge < -0.3 is 18.6 Å². The Balaban J connectivity index is 1.45. The minimum atomic E-state index is 0.712. The van der Waals surface area contributed by atoms with Gasteiger partial charge in [0.2, 0.25) is 0 Å². The summed E-state index contributed by atoms with van der Waals surface area (Å²) in [6, 6.07) is 24.5. The zero-order chi connectivity index (χ0) is 26.3. The molecule has 0 N–H and O–H groups in total. The molecule has 1 aliphatic rings. The predicted molar refractivity (Wildman–Crippen MR) is 153 cm³/mol. The SMILES string of the molecule is CCc1c(-c2ccc(OCCN3CCCCC3)cc2)oc(-c2ccc(OC)cc2)c1-c1ccc(OC)cc1. The molecule has 5 heteroatoms. The summed E-state index contributed by atoms with van der Waals surface area (Å²) in [5.74, 6) is 4.28. The minimum Gasteiger partial charge on any atom is -0.497 e. The van der Waals surface area contributed by atoms with Gasteiger partial charge in [0, 0.05) is 28.8 Å². The van der Waals surface area contributed by atoms with E-state index in [9.17, 15) is 0 Å². The topological polar surface area (TPSA) is 44.1 Å². The Labute approximate surface area is 226 Å². The van der Waals surface area contributed by atoms with Gasteiger partial charge in [-0.1, -0.05) is 25.5 Å². The van der Waals surface area contributed by atoms with Crippen molar-refractivity contribution in [3.05, 3.63) is 78.4 Å². The molecule has 0 aliphatic carbocycles. The summed E-state index contributed by atoms with van der Waals surface area (Å²) in [7, 11) is 3.37. The maximum Gasteiger partial charge on any atom is 0.142 e. The minimum absolute atomic E-state index is 0.712. The van der Waals surface area contributed by atoms with Crippen LogP contribution in [0.3, 0.4) is 0 Å². The lowest BCUT2D eigenvalue weighted by Crippen LogP contribution is -2.33. The van der Waals surface area contributed by atoms with E-state index < -0.39 is 0 Å². The molecule has 0 radical (unpaired) electrons. The van der Waals surface area contributed by atoms with Crippen LogP contribution in [0, 0.1) is 0 Å². The van der Waals surface area contributed by atoms with Gasteiger partial charge in [0.25, 0.3) is 0 Å². The van der Waals surface area contributed by atoms with Crippen LogP contribution in [0.2, 0.25) is 0 Å². The molecule has 198 valence electrons. The molecular formula is C33H37NO4. The molecule has 4 aromatic rings.